The number of aromatic nitrogens is 4. The largest absolute Gasteiger partial charge is 0.371 e. The zero-order chi connectivity index (χ0) is 15.4. The van der Waals surface area contributed by atoms with Gasteiger partial charge in [0.15, 0.2) is 0 Å². The number of thioether (sulfide) groups is 1. The summed E-state index contributed by atoms with van der Waals surface area (Å²) in [5, 5.41) is 14.6. The molecule has 22 heavy (non-hydrogen) atoms. The standard InChI is InChI=1S/C14H20N6S2/c15-6-9-22-11-5-4-10(20-7-2-1-3-8-20)12(13(11)21)14-16-18-19-17-14/h4-5,21H,1-3,6-9,15H2,(H,16,17,18,19). The molecular formula is C14H20N6S2. The maximum absolute atomic E-state index is 5.61. The predicted octanol–water partition coefficient (Wildman–Crippen LogP) is 2.20. The first-order chi connectivity index (χ1) is 10.8. The maximum atomic E-state index is 5.61. The zero-order valence-corrected chi connectivity index (χ0v) is 14.0. The van der Waals surface area contributed by atoms with Gasteiger partial charge in [-0.2, -0.15) is 5.21 Å². The molecule has 118 valence electrons. The van der Waals surface area contributed by atoms with E-state index in [9.17, 15) is 0 Å². The minimum Gasteiger partial charge on any atom is -0.371 e. The van der Waals surface area contributed by atoms with Crippen LogP contribution in [0.25, 0.3) is 11.4 Å². The van der Waals surface area contributed by atoms with Crippen LogP contribution in [0.1, 0.15) is 19.3 Å². The predicted molar refractivity (Wildman–Crippen MR) is 92.7 cm³/mol. The van der Waals surface area contributed by atoms with E-state index in [0.29, 0.717) is 12.4 Å². The van der Waals surface area contributed by atoms with Gasteiger partial charge in [0.1, 0.15) is 0 Å². The monoisotopic (exact) mass is 336 g/mol. The Kier molecular flexibility index (Phi) is 5.22. The summed E-state index contributed by atoms with van der Waals surface area (Å²) in [7, 11) is 0. The van der Waals surface area contributed by atoms with Crippen LogP contribution in [0, 0.1) is 0 Å². The van der Waals surface area contributed by atoms with Gasteiger partial charge in [-0.3, -0.25) is 0 Å². The number of nitrogens with two attached hydrogens (primary N) is 1. The smallest absolute Gasteiger partial charge is 0.207 e. The van der Waals surface area contributed by atoms with Crippen molar-refractivity contribution in [1.29, 1.82) is 0 Å². The van der Waals surface area contributed by atoms with Crippen molar-refractivity contribution in [2.24, 2.45) is 5.73 Å². The lowest BCUT2D eigenvalue weighted by Gasteiger charge is -2.31. The van der Waals surface area contributed by atoms with E-state index in [2.05, 4.69) is 37.7 Å². The summed E-state index contributed by atoms with van der Waals surface area (Å²) in [6.45, 7) is 2.77. The van der Waals surface area contributed by atoms with Crippen molar-refractivity contribution in [3.63, 3.8) is 0 Å². The van der Waals surface area contributed by atoms with E-state index < -0.39 is 0 Å². The minimum atomic E-state index is 0.598. The number of hydrogen-bond donors (Lipinski definition) is 3. The van der Waals surface area contributed by atoms with Gasteiger partial charge in [-0.05, 0) is 36.6 Å². The molecule has 2 heterocycles. The van der Waals surface area contributed by atoms with Crippen LogP contribution in [0.3, 0.4) is 0 Å². The number of piperidine rings is 1. The lowest BCUT2D eigenvalue weighted by atomic mass is 10.1. The maximum Gasteiger partial charge on any atom is 0.207 e. The van der Waals surface area contributed by atoms with Crippen molar-refractivity contribution < 1.29 is 0 Å². The summed E-state index contributed by atoms with van der Waals surface area (Å²) in [5.74, 6) is 1.46. The third-order valence-corrected chi connectivity index (χ3v) is 5.47. The summed E-state index contributed by atoms with van der Waals surface area (Å²) < 4.78 is 0. The molecule has 2 aromatic rings. The molecule has 8 heteroatoms. The Hall–Kier alpha value is -1.25. The van der Waals surface area contributed by atoms with E-state index in [1.165, 1.54) is 19.3 Å². The first-order valence-corrected chi connectivity index (χ1v) is 8.92. The topological polar surface area (TPSA) is 83.7 Å². The van der Waals surface area contributed by atoms with Crippen LogP contribution in [0.5, 0.6) is 0 Å². The molecule has 1 fully saturated rings. The molecule has 6 nitrogen and oxygen atoms in total. The molecule has 0 bridgehead atoms. The zero-order valence-electron chi connectivity index (χ0n) is 12.3. The Labute approximate surface area is 139 Å². The summed E-state index contributed by atoms with van der Waals surface area (Å²) in [6.07, 6.45) is 3.74. The molecule has 0 unspecified atom stereocenters. The molecule has 1 aliphatic rings. The number of rotatable bonds is 5. The van der Waals surface area contributed by atoms with Gasteiger partial charge in [0.05, 0.1) is 5.56 Å². The van der Waals surface area contributed by atoms with Crippen molar-refractivity contribution in [3.05, 3.63) is 12.1 Å². The van der Waals surface area contributed by atoms with E-state index in [4.69, 9.17) is 18.4 Å². The molecular weight excluding hydrogens is 316 g/mol. The fourth-order valence-electron chi connectivity index (χ4n) is 2.73. The normalized spacial score (nSPS) is 15.3. The average molecular weight is 336 g/mol. The molecule has 0 radical (unpaired) electrons. The SMILES string of the molecule is NCCSc1ccc(N2CCCCC2)c(-c2nn[nH]n2)c1S. The molecule has 0 atom stereocenters. The van der Waals surface area contributed by atoms with Crippen LogP contribution in [0.4, 0.5) is 5.69 Å². The quantitative estimate of drug-likeness (QED) is 0.573. The van der Waals surface area contributed by atoms with E-state index in [1.54, 1.807) is 11.8 Å². The van der Waals surface area contributed by atoms with Crippen molar-refractivity contribution >= 4 is 30.1 Å². The molecule has 1 aliphatic heterocycles. The van der Waals surface area contributed by atoms with Gasteiger partial charge in [-0.1, -0.05) is 0 Å². The first kappa shape index (κ1) is 15.6. The Morgan fingerprint density at radius 2 is 2.09 bits per heavy atom. The Balaban J connectivity index is 2.03. The van der Waals surface area contributed by atoms with Crippen LogP contribution < -0.4 is 10.6 Å². The second-order valence-corrected chi connectivity index (χ2v) is 6.81. The van der Waals surface area contributed by atoms with Gasteiger partial charge in [0.2, 0.25) is 5.82 Å². The van der Waals surface area contributed by atoms with Crippen LogP contribution in [-0.2, 0) is 0 Å². The van der Waals surface area contributed by atoms with Crippen molar-refractivity contribution in [3.8, 4) is 11.4 Å². The molecule has 1 aromatic carbocycles. The Morgan fingerprint density at radius 1 is 1.27 bits per heavy atom. The molecule has 0 amide bonds. The van der Waals surface area contributed by atoms with E-state index in [-0.39, 0.29) is 0 Å². The number of H-pyrrole nitrogens is 1. The van der Waals surface area contributed by atoms with Gasteiger partial charge in [0.25, 0.3) is 0 Å². The summed E-state index contributed by atoms with van der Waals surface area (Å²) in [4.78, 5) is 4.41. The highest BCUT2D eigenvalue weighted by molar-refractivity contribution is 7.99. The lowest BCUT2D eigenvalue weighted by Crippen LogP contribution is -2.30. The third-order valence-electron chi connectivity index (χ3n) is 3.76. The van der Waals surface area contributed by atoms with Gasteiger partial charge in [0, 0.05) is 40.9 Å². The lowest BCUT2D eigenvalue weighted by molar-refractivity contribution is 0.577. The highest BCUT2D eigenvalue weighted by Gasteiger charge is 2.21. The highest BCUT2D eigenvalue weighted by Crippen LogP contribution is 2.40. The van der Waals surface area contributed by atoms with Crippen LogP contribution >= 0.6 is 24.4 Å². The molecule has 0 aliphatic carbocycles. The summed E-state index contributed by atoms with van der Waals surface area (Å²) in [6, 6.07) is 4.27. The summed E-state index contributed by atoms with van der Waals surface area (Å²) in [5.41, 5.74) is 7.71. The Morgan fingerprint density at radius 3 is 2.77 bits per heavy atom. The van der Waals surface area contributed by atoms with E-state index in [0.717, 1.165) is 39.9 Å². The second-order valence-electron chi connectivity index (χ2n) is 5.23. The van der Waals surface area contributed by atoms with E-state index >= 15 is 0 Å². The highest BCUT2D eigenvalue weighted by atomic mass is 32.2. The Bertz CT molecular complexity index is 610. The third kappa shape index (κ3) is 3.23. The first-order valence-electron chi connectivity index (χ1n) is 7.49. The van der Waals surface area contributed by atoms with E-state index in [1.807, 2.05) is 0 Å². The number of nitrogens with one attached hydrogen (secondary N) is 1. The fourth-order valence-corrected chi connectivity index (χ4v) is 3.96. The number of aromatic amines is 1. The van der Waals surface area contributed by atoms with Gasteiger partial charge < -0.3 is 10.6 Å². The van der Waals surface area contributed by atoms with Crippen LogP contribution in [0.15, 0.2) is 21.9 Å². The number of anilines is 1. The van der Waals surface area contributed by atoms with Crippen LogP contribution in [-0.4, -0.2) is 46.0 Å². The molecule has 0 spiro atoms. The van der Waals surface area contributed by atoms with Crippen molar-refractivity contribution in [2.45, 2.75) is 29.1 Å². The number of hydrogen-bond acceptors (Lipinski definition) is 7. The van der Waals surface area contributed by atoms with Gasteiger partial charge in [-0.15, -0.1) is 34.6 Å². The van der Waals surface area contributed by atoms with Gasteiger partial charge >= 0.3 is 0 Å². The van der Waals surface area contributed by atoms with Crippen LogP contribution in [0.2, 0.25) is 0 Å². The summed E-state index contributed by atoms with van der Waals surface area (Å²) >= 11 is 6.46. The molecule has 0 saturated carbocycles. The number of nitrogens with zero attached hydrogens (tertiary/aromatic N) is 4. The van der Waals surface area contributed by atoms with Crippen molar-refractivity contribution in [1.82, 2.24) is 20.6 Å². The van der Waals surface area contributed by atoms with Gasteiger partial charge in [-0.25, -0.2) is 0 Å². The van der Waals surface area contributed by atoms with Crippen molar-refractivity contribution in [2.75, 3.05) is 30.3 Å². The number of tetrazole rings is 1. The molecule has 1 aromatic heterocycles. The molecule has 3 N–H and O–H groups in total. The number of thiol groups is 1. The molecule has 3 rings (SSSR count). The fraction of sp³-hybridized carbons (Fsp3) is 0.500. The average Bonchev–Trinajstić information content (AvgIpc) is 3.08. The number of benzene rings is 1. The minimum absolute atomic E-state index is 0.598. The second kappa shape index (κ2) is 7.34. The molecule has 1 saturated heterocycles.